The highest BCUT2D eigenvalue weighted by atomic mass is 16.4. The summed E-state index contributed by atoms with van der Waals surface area (Å²) in [5.74, 6) is -0.773. The first kappa shape index (κ1) is 15.5. The van der Waals surface area contributed by atoms with Gasteiger partial charge in [-0.1, -0.05) is 19.1 Å². The van der Waals surface area contributed by atoms with Crippen LogP contribution in [-0.2, 0) is 16.1 Å². The molecule has 21 heavy (non-hydrogen) atoms. The molecule has 0 aromatic heterocycles. The van der Waals surface area contributed by atoms with Gasteiger partial charge in [0, 0.05) is 25.7 Å². The number of benzene rings is 1. The van der Waals surface area contributed by atoms with Gasteiger partial charge in [0.1, 0.15) is 0 Å². The molecule has 5 nitrogen and oxygen atoms in total. The minimum Gasteiger partial charge on any atom is -0.481 e. The fourth-order valence-electron chi connectivity index (χ4n) is 2.86. The molecule has 1 fully saturated rings. The predicted molar refractivity (Wildman–Crippen MR) is 81.0 cm³/mol. The van der Waals surface area contributed by atoms with Crippen molar-refractivity contribution < 1.29 is 14.7 Å². The minimum absolute atomic E-state index is 0.0866. The highest BCUT2D eigenvalue weighted by Crippen LogP contribution is 2.34. The van der Waals surface area contributed by atoms with Crippen molar-refractivity contribution in [2.24, 2.45) is 5.41 Å². The molecule has 1 saturated heterocycles. The largest absolute Gasteiger partial charge is 0.481 e. The second kappa shape index (κ2) is 6.26. The molecular formula is C16H22N2O3. The number of anilines is 1. The van der Waals surface area contributed by atoms with Crippen LogP contribution in [0.3, 0.4) is 0 Å². The Balaban J connectivity index is 1.97. The molecule has 1 heterocycles. The molecule has 1 aliphatic rings. The van der Waals surface area contributed by atoms with Crippen molar-refractivity contribution in [1.82, 2.24) is 4.90 Å². The fraction of sp³-hybridized carbons (Fsp3) is 0.500. The average molecular weight is 290 g/mol. The van der Waals surface area contributed by atoms with Crippen molar-refractivity contribution in [2.75, 3.05) is 18.4 Å². The molecule has 2 N–H and O–H groups in total. The van der Waals surface area contributed by atoms with Crippen molar-refractivity contribution in [3.63, 3.8) is 0 Å². The van der Waals surface area contributed by atoms with E-state index in [-0.39, 0.29) is 5.91 Å². The smallest absolute Gasteiger partial charge is 0.310 e. The quantitative estimate of drug-likeness (QED) is 0.873. The number of carbonyl (C=O) groups is 2. The number of hydrogen-bond donors (Lipinski definition) is 2. The first-order chi connectivity index (χ1) is 9.95. The molecule has 1 aromatic rings. The van der Waals surface area contributed by atoms with E-state index < -0.39 is 11.4 Å². The maximum atomic E-state index is 11.4. The number of hydrogen-bond acceptors (Lipinski definition) is 3. The van der Waals surface area contributed by atoms with Crippen LogP contribution in [0, 0.1) is 5.41 Å². The van der Waals surface area contributed by atoms with Crippen molar-refractivity contribution in [2.45, 2.75) is 33.2 Å². The molecule has 114 valence electrons. The summed E-state index contributed by atoms with van der Waals surface area (Å²) in [6, 6.07) is 7.68. The molecule has 1 aromatic carbocycles. The lowest BCUT2D eigenvalue weighted by Crippen LogP contribution is -2.33. The topological polar surface area (TPSA) is 69.6 Å². The molecule has 0 spiro atoms. The summed E-state index contributed by atoms with van der Waals surface area (Å²) in [7, 11) is 0. The second-order valence-electron chi connectivity index (χ2n) is 5.78. The van der Waals surface area contributed by atoms with Crippen molar-refractivity contribution in [3.05, 3.63) is 29.8 Å². The maximum Gasteiger partial charge on any atom is 0.310 e. The van der Waals surface area contributed by atoms with Crippen LogP contribution in [0.2, 0.25) is 0 Å². The third kappa shape index (κ3) is 3.61. The van der Waals surface area contributed by atoms with Crippen LogP contribution in [0.25, 0.3) is 0 Å². The van der Waals surface area contributed by atoms with Crippen LogP contribution in [-0.4, -0.2) is 35.0 Å². The molecule has 0 bridgehead atoms. The van der Waals surface area contributed by atoms with E-state index in [9.17, 15) is 14.7 Å². The molecule has 5 heteroatoms. The van der Waals surface area contributed by atoms with Crippen LogP contribution in [0.4, 0.5) is 5.69 Å². The summed E-state index contributed by atoms with van der Waals surface area (Å²) in [4.78, 5) is 24.6. The van der Waals surface area contributed by atoms with Crippen LogP contribution < -0.4 is 5.32 Å². The van der Waals surface area contributed by atoms with Gasteiger partial charge >= 0.3 is 5.97 Å². The summed E-state index contributed by atoms with van der Waals surface area (Å²) in [6.45, 7) is 5.59. The molecule has 1 amide bonds. The Bertz CT molecular complexity index is 527. The van der Waals surface area contributed by atoms with Crippen LogP contribution in [0.5, 0.6) is 0 Å². The van der Waals surface area contributed by atoms with Crippen molar-refractivity contribution in [1.29, 1.82) is 0 Å². The van der Waals surface area contributed by atoms with E-state index in [1.165, 1.54) is 6.92 Å². The SMILES string of the molecule is CCC1(C(=O)O)CCN(Cc2ccc(NC(C)=O)cc2)C1. The molecule has 0 aliphatic carbocycles. The van der Waals surface area contributed by atoms with Gasteiger partial charge in [-0.25, -0.2) is 0 Å². The summed E-state index contributed by atoms with van der Waals surface area (Å²) in [5, 5.41) is 12.1. The zero-order valence-electron chi connectivity index (χ0n) is 12.6. The zero-order valence-corrected chi connectivity index (χ0v) is 12.6. The van der Waals surface area contributed by atoms with E-state index in [1.807, 2.05) is 31.2 Å². The summed E-state index contributed by atoms with van der Waals surface area (Å²) < 4.78 is 0. The van der Waals surface area contributed by atoms with Gasteiger partial charge in [-0.2, -0.15) is 0 Å². The molecule has 0 saturated carbocycles. The number of nitrogens with zero attached hydrogens (tertiary/aromatic N) is 1. The van der Waals surface area contributed by atoms with E-state index in [1.54, 1.807) is 0 Å². The third-order valence-corrected chi connectivity index (χ3v) is 4.24. The number of aliphatic carboxylic acids is 1. The van der Waals surface area contributed by atoms with Gasteiger partial charge in [-0.15, -0.1) is 0 Å². The Hall–Kier alpha value is -1.88. The maximum absolute atomic E-state index is 11.4. The highest BCUT2D eigenvalue weighted by molar-refractivity contribution is 5.88. The number of carboxylic acids is 1. The highest BCUT2D eigenvalue weighted by Gasteiger charge is 2.42. The molecule has 2 rings (SSSR count). The van der Waals surface area contributed by atoms with Crippen molar-refractivity contribution in [3.8, 4) is 0 Å². The van der Waals surface area contributed by atoms with E-state index >= 15 is 0 Å². The predicted octanol–water partition coefficient (Wildman–Crippen LogP) is 2.33. The van der Waals surface area contributed by atoms with E-state index in [0.717, 1.165) is 24.3 Å². The standard InChI is InChI=1S/C16H22N2O3/c1-3-16(15(20)21)8-9-18(11-16)10-13-4-6-14(7-5-13)17-12(2)19/h4-7H,3,8-11H2,1-2H3,(H,17,19)(H,20,21). The number of carbonyl (C=O) groups excluding carboxylic acids is 1. The molecular weight excluding hydrogens is 268 g/mol. The Kier molecular flexibility index (Phi) is 4.63. The summed E-state index contributed by atoms with van der Waals surface area (Å²) >= 11 is 0. The lowest BCUT2D eigenvalue weighted by atomic mass is 9.84. The number of carboxylic acid groups (broad SMARTS) is 1. The molecule has 1 atom stereocenters. The first-order valence-corrected chi connectivity index (χ1v) is 7.27. The van der Waals surface area contributed by atoms with Crippen LogP contribution in [0.1, 0.15) is 32.3 Å². The fourth-order valence-corrected chi connectivity index (χ4v) is 2.86. The zero-order chi connectivity index (χ0) is 15.5. The number of amides is 1. The number of nitrogens with one attached hydrogen (secondary N) is 1. The van der Waals surface area contributed by atoms with Crippen LogP contribution in [0.15, 0.2) is 24.3 Å². The van der Waals surface area contributed by atoms with Crippen molar-refractivity contribution >= 4 is 17.6 Å². The Morgan fingerprint density at radius 1 is 1.33 bits per heavy atom. The normalized spacial score (nSPS) is 22.2. The molecule has 1 aliphatic heterocycles. The first-order valence-electron chi connectivity index (χ1n) is 7.27. The second-order valence-corrected chi connectivity index (χ2v) is 5.78. The van der Waals surface area contributed by atoms with Crippen LogP contribution >= 0.6 is 0 Å². The van der Waals surface area contributed by atoms with Gasteiger partial charge in [-0.3, -0.25) is 14.5 Å². The summed E-state index contributed by atoms with van der Waals surface area (Å²) in [5.41, 5.74) is 1.32. The van der Waals surface area contributed by atoms with Gasteiger partial charge in [0.25, 0.3) is 0 Å². The van der Waals surface area contributed by atoms with Gasteiger partial charge < -0.3 is 10.4 Å². The third-order valence-electron chi connectivity index (χ3n) is 4.24. The average Bonchev–Trinajstić information content (AvgIpc) is 2.85. The Labute approximate surface area is 125 Å². The van der Waals surface area contributed by atoms with Gasteiger partial charge in [0.2, 0.25) is 5.91 Å². The van der Waals surface area contributed by atoms with Gasteiger partial charge in [0.15, 0.2) is 0 Å². The van der Waals surface area contributed by atoms with Gasteiger partial charge in [0.05, 0.1) is 5.41 Å². The Morgan fingerprint density at radius 2 is 2.00 bits per heavy atom. The number of rotatable bonds is 5. The lowest BCUT2D eigenvalue weighted by molar-refractivity contribution is -0.148. The van der Waals surface area contributed by atoms with Gasteiger partial charge in [-0.05, 0) is 37.1 Å². The summed E-state index contributed by atoms with van der Waals surface area (Å²) in [6.07, 6.45) is 1.38. The lowest BCUT2D eigenvalue weighted by Gasteiger charge is -2.23. The molecule has 0 radical (unpaired) electrons. The monoisotopic (exact) mass is 290 g/mol. The minimum atomic E-state index is -0.687. The van der Waals surface area contributed by atoms with E-state index in [4.69, 9.17) is 0 Å². The Morgan fingerprint density at radius 3 is 2.48 bits per heavy atom. The van der Waals surface area contributed by atoms with E-state index in [0.29, 0.717) is 19.4 Å². The van der Waals surface area contributed by atoms with E-state index in [2.05, 4.69) is 10.2 Å². The number of likely N-dealkylation sites (tertiary alicyclic amines) is 1. The molecule has 1 unspecified atom stereocenters.